The van der Waals surface area contributed by atoms with E-state index in [0.29, 0.717) is 12.5 Å². The van der Waals surface area contributed by atoms with E-state index in [1.54, 1.807) is 0 Å². The monoisotopic (exact) mass is 283 g/mol. The summed E-state index contributed by atoms with van der Waals surface area (Å²) in [6.45, 7) is 11.0. The molecule has 0 aromatic carbocycles. The van der Waals surface area contributed by atoms with Gasteiger partial charge in [0, 0.05) is 39.3 Å². The van der Waals surface area contributed by atoms with Crippen LogP contribution in [-0.2, 0) is 4.79 Å². The molecule has 20 heavy (non-hydrogen) atoms. The number of nitrogens with one attached hydrogen (secondary N) is 1. The molecule has 0 bridgehead atoms. The first-order valence-electron chi connectivity index (χ1n) is 8.48. The Labute approximate surface area is 124 Å². The van der Waals surface area contributed by atoms with Gasteiger partial charge in [-0.05, 0) is 12.8 Å². The van der Waals surface area contributed by atoms with Gasteiger partial charge >= 0.3 is 0 Å². The van der Waals surface area contributed by atoms with Crippen LogP contribution in [0.2, 0.25) is 0 Å². The number of unbranched alkanes of at least 4 members (excludes halogenated alkanes) is 4. The third-order valence-corrected chi connectivity index (χ3v) is 3.98. The first-order chi connectivity index (χ1) is 9.77. The maximum atomic E-state index is 12.5. The fourth-order valence-electron chi connectivity index (χ4n) is 2.63. The highest BCUT2D eigenvalue weighted by atomic mass is 16.2. The first kappa shape index (κ1) is 17.4. The average molecular weight is 283 g/mol. The van der Waals surface area contributed by atoms with Gasteiger partial charge in [0.2, 0.25) is 5.91 Å². The van der Waals surface area contributed by atoms with E-state index in [0.717, 1.165) is 52.1 Å². The summed E-state index contributed by atoms with van der Waals surface area (Å²) in [7, 11) is 0. The predicted molar refractivity (Wildman–Crippen MR) is 84.9 cm³/mol. The molecule has 1 fully saturated rings. The zero-order valence-corrected chi connectivity index (χ0v) is 13.5. The number of rotatable bonds is 10. The Kier molecular flexibility index (Phi) is 9.67. The molecule has 1 aliphatic heterocycles. The summed E-state index contributed by atoms with van der Waals surface area (Å²) in [6.07, 6.45) is 7.19. The van der Waals surface area contributed by atoms with Crippen molar-refractivity contribution in [2.45, 2.75) is 52.4 Å². The summed E-state index contributed by atoms with van der Waals surface area (Å²) < 4.78 is 0. The quantitative estimate of drug-likeness (QED) is 0.624. The van der Waals surface area contributed by atoms with Crippen molar-refractivity contribution in [1.82, 2.24) is 15.1 Å². The van der Waals surface area contributed by atoms with Crippen LogP contribution in [0.15, 0.2) is 0 Å². The van der Waals surface area contributed by atoms with Gasteiger partial charge < -0.3 is 10.2 Å². The van der Waals surface area contributed by atoms with Gasteiger partial charge in [0.15, 0.2) is 0 Å². The highest BCUT2D eigenvalue weighted by molar-refractivity contribution is 5.78. The summed E-state index contributed by atoms with van der Waals surface area (Å²) >= 11 is 0. The lowest BCUT2D eigenvalue weighted by molar-refractivity contribution is -0.132. The first-order valence-corrected chi connectivity index (χ1v) is 8.48. The van der Waals surface area contributed by atoms with Crippen LogP contribution in [0.3, 0.4) is 0 Å². The van der Waals surface area contributed by atoms with Gasteiger partial charge in [-0.2, -0.15) is 0 Å². The van der Waals surface area contributed by atoms with Crippen LogP contribution in [0.1, 0.15) is 52.4 Å². The van der Waals surface area contributed by atoms with E-state index < -0.39 is 0 Å². The lowest BCUT2D eigenvalue weighted by Crippen LogP contribution is -2.48. The van der Waals surface area contributed by atoms with Crippen molar-refractivity contribution in [2.75, 3.05) is 45.8 Å². The van der Waals surface area contributed by atoms with Crippen molar-refractivity contribution in [3.8, 4) is 0 Å². The van der Waals surface area contributed by atoms with Crippen LogP contribution in [0.5, 0.6) is 0 Å². The molecule has 1 rings (SSSR count). The van der Waals surface area contributed by atoms with Gasteiger partial charge in [-0.1, -0.05) is 39.5 Å². The van der Waals surface area contributed by atoms with Crippen LogP contribution >= 0.6 is 0 Å². The van der Waals surface area contributed by atoms with E-state index in [2.05, 4.69) is 29.0 Å². The van der Waals surface area contributed by atoms with Crippen molar-refractivity contribution in [3.05, 3.63) is 0 Å². The second kappa shape index (κ2) is 11.1. The molecular weight excluding hydrogens is 250 g/mol. The summed E-state index contributed by atoms with van der Waals surface area (Å²) in [4.78, 5) is 16.9. The Balaban J connectivity index is 2.35. The number of nitrogens with zero attached hydrogens (tertiary/aromatic N) is 2. The largest absolute Gasteiger partial charge is 0.342 e. The summed E-state index contributed by atoms with van der Waals surface area (Å²) in [5, 5.41) is 3.33. The number of piperazine rings is 1. The highest BCUT2D eigenvalue weighted by Gasteiger charge is 2.18. The minimum Gasteiger partial charge on any atom is -0.342 e. The fraction of sp³-hybridized carbons (Fsp3) is 0.938. The molecule has 4 heteroatoms. The molecule has 0 aromatic rings. The molecule has 1 aliphatic rings. The Morgan fingerprint density at radius 3 is 2.05 bits per heavy atom. The van der Waals surface area contributed by atoms with Crippen LogP contribution in [0, 0.1) is 0 Å². The second-order valence-corrected chi connectivity index (χ2v) is 5.82. The molecule has 0 spiro atoms. The molecule has 4 nitrogen and oxygen atoms in total. The lowest BCUT2D eigenvalue weighted by Gasteiger charge is -2.30. The van der Waals surface area contributed by atoms with Gasteiger partial charge in [0.1, 0.15) is 0 Å². The van der Waals surface area contributed by atoms with E-state index in [-0.39, 0.29) is 0 Å². The van der Waals surface area contributed by atoms with Gasteiger partial charge in [0.25, 0.3) is 0 Å². The summed E-state index contributed by atoms with van der Waals surface area (Å²) in [5.41, 5.74) is 0. The van der Waals surface area contributed by atoms with E-state index in [1.165, 1.54) is 25.7 Å². The lowest BCUT2D eigenvalue weighted by atomic mass is 10.2. The molecule has 0 saturated carbocycles. The van der Waals surface area contributed by atoms with Crippen molar-refractivity contribution in [2.24, 2.45) is 0 Å². The molecule has 1 heterocycles. The van der Waals surface area contributed by atoms with Gasteiger partial charge in [0.05, 0.1) is 6.54 Å². The Hall–Kier alpha value is -0.610. The Morgan fingerprint density at radius 1 is 1.00 bits per heavy atom. The minimum absolute atomic E-state index is 0.333. The van der Waals surface area contributed by atoms with Crippen LogP contribution in [-0.4, -0.2) is 61.5 Å². The van der Waals surface area contributed by atoms with E-state index in [1.807, 2.05) is 0 Å². The van der Waals surface area contributed by atoms with Crippen molar-refractivity contribution < 1.29 is 4.79 Å². The van der Waals surface area contributed by atoms with Gasteiger partial charge in [-0.25, -0.2) is 0 Å². The molecule has 1 amide bonds. The molecular formula is C16H33N3O. The number of carbonyl (C=O) groups excluding carboxylic acids is 1. The topological polar surface area (TPSA) is 35.6 Å². The standard InChI is InChI=1S/C16H33N3O/c1-3-5-7-11-19(12-8-6-4-2)16(20)15-18-13-9-17-10-14-18/h17H,3-15H2,1-2H3. The van der Waals surface area contributed by atoms with Crippen molar-refractivity contribution >= 4 is 5.91 Å². The third kappa shape index (κ3) is 7.25. The van der Waals surface area contributed by atoms with Crippen LogP contribution in [0.4, 0.5) is 0 Å². The molecule has 118 valence electrons. The smallest absolute Gasteiger partial charge is 0.236 e. The Morgan fingerprint density at radius 2 is 1.55 bits per heavy atom. The number of hydrogen-bond acceptors (Lipinski definition) is 3. The van der Waals surface area contributed by atoms with Crippen molar-refractivity contribution in [1.29, 1.82) is 0 Å². The van der Waals surface area contributed by atoms with Crippen molar-refractivity contribution in [3.63, 3.8) is 0 Å². The highest BCUT2D eigenvalue weighted by Crippen LogP contribution is 2.05. The fourth-order valence-corrected chi connectivity index (χ4v) is 2.63. The summed E-state index contributed by atoms with van der Waals surface area (Å²) in [6, 6.07) is 0. The van der Waals surface area contributed by atoms with E-state index >= 15 is 0 Å². The minimum atomic E-state index is 0.333. The van der Waals surface area contributed by atoms with Crippen LogP contribution in [0.25, 0.3) is 0 Å². The molecule has 0 atom stereocenters. The molecule has 0 unspecified atom stereocenters. The number of hydrogen-bond donors (Lipinski definition) is 1. The average Bonchev–Trinajstić information content (AvgIpc) is 2.47. The van der Waals surface area contributed by atoms with E-state index in [9.17, 15) is 4.79 Å². The summed E-state index contributed by atoms with van der Waals surface area (Å²) in [5.74, 6) is 0.333. The zero-order chi connectivity index (χ0) is 14.6. The maximum Gasteiger partial charge on any atom is 0.236 e. The zero-order valence-electron chi connectivity index (χ0n) is 13.5. The normalized spacial score (nSPS) is 16.3. The van der Waals surface area contributed by atoms with E-state index in [4.69, 9.17) is 0 Å². The third-order valence-electron chi connectivity index (χ3n) is 3.98. The predicted octanol–water partition coefficient (Wildman–Crippen LogP) is 2.10. The van der Waals surface area contributed by atoms with Gasteiger partial charge in [-0.3, -0.25) is 9.69 Å². The number of amides is 1. The SMILES string of the molecule is CCCCCN(CCCCC)C(=O)CN1CCNCC1. The molecule has 1 saturated heterocycles. The van der Waals surface area contributed by atoms with Crippen LogP contribution < -0.4 is 5.32 Å². The second-order valence-electron chi connectivity index (χ2n) is 5.82. The molecule has 1 N–H and O–H groups in total. The molecule has 0 aliphatic carbocycles. The maximum absolute atomic E-state index is 12.5. The Bertz CT molecular complexity index is 242. The molecule has 0 aromatic heterocycles. The molecule has 0 radical (unpaired) electrons. The number of carbonyl (C=O) groups is 1. The van der Waals surface area contributed by atoms with Gasteiger partial charge in [-0.15, -0.1) is 0 Å².